The third-order valence-corrected chi connectivity index (χ3v) is 4.67. The van der Waals surface area contributed by atoms with Crippen molar-refractivity contribution in [1.29, 1.82) is 0 Å². The Morgan fingerprint density at radius 2 is 2.12 bits per heavy atom. The molecule has 0 aromatic carbocycles. The van der Waals surface area contributed by atoms with E-state index in [1.807, 2.05) is 18.4 Å². The van der Waals surface area contributed by atoms with Crippen molar-refractivity contribution in [2.45, 2.75) is 52.0 Å². The van der Waals surface area contributed by atoms with E-state index in [0.29, 0.717) is 5.41 Å². The number of rotatable bonds is 3. The van der Waals surface area contributed by atoms with Gasteiger partial charge in [-0.3, -0.25) is 0 Å². The van der Waals surface area contributed by atoms with Gasteiger partial charge in [0.15, 0.2) is 0 Å². The van der Waals surface area contributed by atoms with Crippen molar-refractivity contribution in [3.8, 4) is 0 Å². The Morgan fingerprint density at radius 1 is 1.44 bits per heavy atom. The Morgan fingerprint density at radius 3 is 2.75 bits per heavy atom. The minimum absolute atomic E-state index is 0.557. The van der Waals surface area contributed by atoms with Crippen molar-refractivity contribution in [1.82, 2.24) is 10.3 Å². The highest BCUT2D eigenvalue weighted by atomic mass is 32.1. The predicted molar refractivity (Wildman–Crippen MR) is 69.9 cm³/mol. The van der Waals surface area contributed by atoms with Gasteiger partial charge in [0.05, 0.1) is 10.7 Å². The molecule has 1 heterocycles. The lowest BCUT2D eigenvalue weighted by atomic mass is 9.73. The molecule has 90 valence electrons. The van der Waals surface area contributed by atoms with Gasteiger partial charge in [-0.15, -0.1) is 11.3 Å². The van der Waals surface area contributed by atoms with E-state index < -0.39 is 0 Å². The highest BCUT2D eigenvalue weighted by Crippen LogP contribution is 2.42. The summed E-state index contributed by atoms with van der Waals surface area (Å²) in [6.07, 6.45) is 5.33. The van der Waals surface area contributed by atoms with E-state index in [0.717, 1.165) is 12.5 Å². The summed E-state index contributed by atoms with van der Waals surface area (Å²) in [5.74, 6) is 0.726. The van der Waals surface area contributed by atoms with E-state index >= 15 is 0 Å². The Bertz CT molecular complexity index is 333. The summed E-state index contributed by atoms with van der Waals surface area (Å²) in [7, 11) is 1.97. The Labute approximate surface area is 102 Å². The van der Waals surface area contributed by atoms with E-state index in [-0.39, 0.29) is 0 Å². The van der Waals surface area contributed by atoms with Crippen LogP contribution >= 0.6 is 11.3 Å². The smallest absolute Gasteiger partial charge is 0.0959 e. The molecule has 1 aliphatic rings. The van der Waals surface area contributed by atoms with Gasteiger partial charge in [-0.1, -0.05) is 13.8 Å². The summed E-state index contributed by atoms with van der Waals surface area (Å²) >= 11 is 1.85. The maximum atomic E-state index is 4.73. The van der Waals surface area contributed by atoms with Crippen molar-refractivity contribution in [3.05, 3.63) is 16.1 Å². The van der Waals surface area contributed by atoms with E-state index in [1.165, 1.54) is 36.4 Å². The van der Waals surface area contributed by atoms with Gasteiger partial charge in [-0.2, -0.15) is 0 Å². The van der Waals surface area contributed by atoms with Gasteiger partial charge >= 0.3 is 0 Å². The van der Waals surface area contributed by atoms with Crippen LogP contribution in [0.2, 0.25) is 0 Å². The molecule has 0 radical (unpaired) electrons. The largest absolute Gasteiger partial charge is 0.314 e. The van der Waals surface area contributed by atoms with E-state index in [9.17, 15) is 0 Å². The second-order valence-corrected chi connectivity index (χ2v) is 6.54. The number of nitrogens with one attached hydrogen (secondary N) is 1. The first-order valence-electron chi connectivity index (χ1n) is 6.20. The van der Waals surface area contributed by atoms with Crippen LogP contribution in [0.15, 0.2) is 5.38 Å². The monoisotopic (exact) mass is 238 g/mol. The van der Waals surface area contributed by atoms with Gasteiger partial charge in [-0.05, 0) is 38.1 Å². The Hall–Kier alpha value is -0.410. The molecule has 2 rings (SSSR count). The predicted octanol–water partition coefficient (Wildman–Crippen LogP) is 3.55. The summed E-state index contributed by atoms with van der Waals surface area (Å²) < 4.78 is 0. The molecule has 0 saturated heterocycles. The maximum Gasteiger partial charge on any atom is 0.0959 e. The topological polar surface area (TPSA) is 24.9 Å². The third-order valence-electron chi connectivity index (χ3n) is 3.62. The van der Waals surface area contributed by atoms with Crippen LogP contribution in [-0.2, 0) is 6.54 Å². The fraction of sp³-hybridized carbons (Fsp3) is 0.769. The number of thiazole rings is 1. The molecule has 0 amide bonds. The molecule has 0 spiro atoms. The number of hydrogen-bond acceptors (Lipinski definition) is 3. The minimum atomic E-state index is 0.557. The number of nitrogens with zero attached hydrogens (tertiary/aromatic N) is 1. The maximum absolute atomic E-state index is 4.73. The molecule has 3 heteroatoms. The third kappa shape index (κ3) is 2.83. The van der Waals surface area contributed by atoms with Crippen LogP contribution < -0.4 is 5.32 Å². The molecule has 0 unspecified atom stereocenters. The lowest BCUT2D eigenvalue weighted by Crippen LogP contribution is -2.20. The molecule has 1 fully saturated rings. The summed E-state index contributed by atoms with van der Waals surface area (Å²) in [6.45, 7) is 5.67. The SMILES string of the molecule is CNCc1csc(C2CCC(C)(C)CC2)n1. The standard InChI is InChI=1S/C13H22N2S/c1-13(2)6-4-10(5-7-13)12-15-11(8-14-3)9-16-12/h9-10,14H,4-8H2,1-3H3. The van der Waals surface area contributed by atoms with E-state index in [2.05, 4.69) is 24.5 Å². The molecule has 0 bridgehead atoms. The van der Waals surface area contributed by atoms with Crippen molar-refractivity contribution in [2.75, 3.05) is 7.05 Å². The highest BCUT2D eigenvalue weighted by Gasteiger charge is 2.28. The zero-order chi connectivity index (χ0) is 11.6. The molecule has 2 nitrogen and oxygen atoms in total. The first kappa shape index (κ1) is 12.1. The first-order valence-corrected chi connectivity index (χ1v) is 7.07. The molecular formula is C13H22N2S. The highest BCUT2D eigenvalue weighted by molar-refractivity contribution is 7.09. The fourth-order valence-corrected chi connectivity index (χ4v) is 3.41. The van der Waals surface area contributed by atoms with Gasteiger partial charge in [0.2, 0.25) is 0 Å². The molecule has 1 saturated carbocycles. The van der Waals surface area contributed by atoms with Crippen molar-refractivity contribution in [3.63, 3.8) is 0 Å². The van der Waals surface area contributed by atoms with Gasteiger partial charge in [0.1, 0.15) is 0 Å². The van der Waals surface area contributed by atoms with Gasteiger partial charge in [-0.25, -0.2) is 4.98 Å². The molecular weight excluding hydrogens is 216 g/mol. The molecule has 1 aromatic rings. The fourth-order valence-electron chi connectivity index (χ4n) is 2.42. The second-order valence-electron chi connectivity index (χ2n) is 5.65. The van der Waals surface area contributed by atoms with Crippen LogP contribution in [0.5, 0.6) is 0 Å². The Balaban J connectivity index is 1.97. The second kappa shape index (κ2) is 4.84. The lowest BCUT2D eigenvalue weighted by molar-refractivity contribution is 0.224. The summed E-state index contributed by atoms with van der Waals surface area (Å²) in [5.41, 5.74) is 1.76. The molecule has 0 aliphatic heterocycles. The van der Waals surface area contributed by atoms with E-state index in [1.54, 1.807) is 0 Å². The van der Waals surface area contributed by atoms with Gasteiger partial charge in [0, 0.05) is 17.8 Å². The number of hydrogen-bond donors (Lipinski definition) is 1. The quantitative estimate of drug-likeness (QED) is 0.871. The summed E-state index contributed by atoms with van der Waals surface area (Å²) in [5, 5.41) is 6.72. The first-order chi connectivity index (χ1) is 7.61. The zero-order valence-corrected chi connectivity index (χ0v) is 11.4. The van der Waals surface area contributed by atoms with Crippen LogP contribution in [0.1, 0.15) is 56.2 Å². The van der Waals surface area contributed by atoms with Crippen molar-refractivity contribution in [2.24, 2.45) is 5.41 Å². The van der Waals surface area contributed by atoms with Crippen molar-refractivity contribution < 1.29 is 0 Å². The van der Waals surface area contributed by atoms with Crippen LogP contribution in [0.3, 0.4) is 0 Å². The summed E-state index contributed by atoms with van der Waals surface area (Å²) in [6, 6.07) is 0. The van der Waals surface area contributed by atoms with Crippen LogP contribution in [0.25, 0.3) is 0 Å². The molecule has 0 atom stereocenters. The molecule has 1 aromatic heterocycles. The lowest BCUT2D eigenvalue weighted by Gasteiger charge is -2.33. The van der Waals surface area contributed by atoms with Crippen LogP contribution in [0.4, 0.5) is 0 Å². The zero-order valence-electron chi connectivity index (χ0n) is 10.5. The minimum Gasteiger partial charge on any atom is -0.314 e. The average molecular weight is 238 g/mol. The number of aromatic nitrogens is 1. The van der Waals surface area contributed by atoms with Crippen LogP contribution in [-0.4, -0.2) is 12.0 Å². The normalized spacial score (nSPS) is 21.2. The molecule has 1 N–H and O–H groups in total. The Kier molecular flexibility index (Phi) is 3.65. The summed E-state index contributed by atoms with van der Waals surface area (Å²) in [4.78, 5) is 4.73. The van der Waals surface area contributed by atoms with Gasteiger partial charge < -0.3 is 5.32 Å². The van der Waals surface area contributed by atoms with Gasteiger partial charge in [0.25, 0.3) is 0 Å². The average Bonchev–Trinajstić information content (AvgIpc) is 2.67. The van der Waals surface area contributed by atoms with Crippen molar-refractivity contribution >= 4 is 11.3 Å². The molecule has 16 heavy (non-hydrogen) atoms. The van der Waals surface area contributed by atoms with E-state index in [4.69, 9.17) is 4.98 Å². The molecule has 1 aliphatic carbocycles. The van der Waals surface area contributed by atoms with Crippen LogP contribution in [0, 0.1) is 5.41 Å².